The average Bonchev–Trinajstić information content (AvgIpc) is 1.95. The number of methoxy groups -OCH3 is 1. The van der Waals surface area contributed by atoms with Crippen LogP contribution in [0.1, 0.15) is 12.8 Å². The van der Waals surface area contributed by atoms with Crippen molar-refractivity contribution in [1.82, 2.24) is 0 Å². The Balaban J connectivity index is 0.00000121. The fourth-order valence-electron chi connectivity index (χ4n) is 0.992. The van der Waals surface area contributed by atoms with Crippen LogP contribution >= 0.6 is 12.4 Å². The summed E-state index contributed by atoms with van der Waals surface area (Å²) in [6, 6.07) is 0.284. The third-order valence-corrected chi connectivity index (χ3v) is 1.74. The average molecular weight is 190 g/mol. The van der Waals surface area contributed by atoms with Crippen molar-refractivity contribution < 1.29 is 9.53 Å². The van der Waals surface area contributed by atoms with E-state index in [9.17, 15) is 4.79 Å². The van der Waals surface area contributed by atoms with E-state index in [-0.39, 0.29) is 18.4 Å². The van der Waals surface area contributed by atoms with Gasteiger partial charge in [-0.1, -0.05) is 5.92 Å². The lowest BCUT2D eigenvalue weighted by atomic mass is 9.81. The maximum Gasteiger partial charge on any atom is 0.384 e. The Morgan fingerprint density at radius 3 is 2.58 bits per heavy atom. The molecule has 12 heavy (non-hydrogen) atoms. The fraction of sp³-hybridized carbons (Fsp3) is 0.625. The van der Waals surface area contributed by atoms with E-state index in [1.54, 1.807) is 0 Å². The third-order valence-electron chi connectivity index (χ3n) is 1.74. The Bertz CT molecular complexity index is 213. The number of carbonyl (C=O) groups excluding carboxylic acids is 1. The van der Waals surface area contributed by atoms with E-state index in [0.717, 1.165) is 12.8 Å². The minimum atomic E-state index is -0.467. The summed E-state index contributed by atoms with van der Waals surface area (Å²) in [5.41, 5.74) is 5.52. The Labute approximate surface area is 78.1 Å². The second kappa shape index (κ2) is 5.02. The molecule has 0 aromatic carbocycles. The van der Waals surface area contributed by atoms with Gasteiger partial charge in [-0.15, -0.1) is 12.4 Å². The summed E-state index contributed by atoms with van der Waals surface area (Å²) in [6.07, 6.45) is 1.81. The monoisotopic (exact) mass is 189 g/mol. The van der Waals surface area contributed by atoms with E-state index >= 15 is 0 Å². The van der Waals surface area contributed by atoms with Crippen molar-refractivity contribution >= 4 is 18.4 Å². The second-order valence-electron chi connectivity index (χ2n) is 2.69. The first kappa shape index (κ1) is 11.3. The predicted molar refractivity (Wildman–Crippen MR) is 47.7 cm³/mol. The molecule has 0 atom stereocenters. The minimum Gasteiger partial charge on any atom is -0.459 e. The zero-order valence-corrected chi connectivity index (χ0v) is 7.69. The number of hydrogen-bond donors (Lipinski definition) is 1. The highest BCUT2D eigenvalue weighted by atomic mass is 35.5. The zero-order valence-electron chi connectivity index (χ0n) is 6.87. The number of rotatable bonds is 0. The molecule has 1 aliphatic carbocycles. The third kappa shape index (κ3) is 3.12. The molecule has 0 aromatic heterocycles. The van der Waals surface area contributed by atoms with Gasteiger partial charge in [-0.3, -0.25) is 0 Å². The number of carbonyl (C=O) groups is 1. The van der Waals surface area contributed by atoms with Crippen LogP contribution < -0.4 is 5.73 Å². The van der Waals surface area contributed by atoms with Crippen LogP contribution in [0.3, 0.4) is 0 Å². The first-order chi connectivity index (χ1) is 5.22. The summed E-state index contributed by atoms with van der Waals surface area (Å²) in [4.78, 5) is 10.5. The van der Waals surface area contributed by atoms with E-state index in [2.05, 4.69) is 16.6 Å². The van der Waals surface area contributed by atoms with Gasteiger partial charge in [-0.25, -0.2) is 4.79 Å². The van der Waals surface area contributed by atoms with Crippen LogP contribution in [0.4, 0.5) is 0 Å². The van der Waals surface area contributed by atoms with E-state index in [0.29, 0.717) is 5.92 Å². The molecule has 68 valence electrons. The van der Waals surface area contributed by atoms with Crippen LogP contribution in [0.2, 0.25) is 0 Å². The van der Waals surface area contributed by atoms with Gasteiger partial charge in [0.2, 0.25) is 0 Å². The molecule has 0 radical (unpaired) electrons. The molecule has 2 N–H and O–H groups in total. The lowest BCUT2D eigenvalue weighted by Gasteiger charge is -2.27. The van der Waals surface area contributed by atoms with Crippen molar-refractivity contribution in [3.8, 4) is 11.8 Å². The molecule has 1 fully saturated rings. The van der Waals surface area contributed by atoms with Gasteiger partial charge in [0, 0.05) is 17.9 Å². The van der Waals surface area contributed by atoms with Crippen molar-refractivity contribution in [2.45, 2.75) is 18.9 Å². The smallest absolute Gasteiger partial charge is 0.384 e. The van der Waals surface area contributed by atoms with Crippen LogP contribution in [-0.4, -0.2) is 19.1 Å². The zero-order chi connectivity index (χ0) is 8.27. The molecule has 1 aliphatic rings. The van der Waals surface area contributed by atoms with Crippen molar-refractivity contribution in [3.63, 3.8) is 0 Å². The first-order valence-corrected chi connectivity index (χ1v) is 3.57. The minimum absolute atomic E-state index is 0. The lowest BCUT2D eigenvalue weighted by Crippen LogP contribution is -2.35. The van der Waals surface area contributed by atoms with Gasteiger partial charge in [0.1, 0.15) is 0 Å². The van der Waals surface area contributed by atoms with Crippen molar-refractivity contribution in [1.29, 1.82) is 0 Å². The molecule has 4 heteroatoms. The molecule has 0 bridgehead atoms. The standard InChI is InChI=1S/C8H11NO2.ClH/c1-11-8(10)3-2-6-4-7(9)5-6;/h6-7H,4-5,9H2,1H3;1H. The van der Waals surface area contributed by atoms with E-state index in [1.807, 2.05) is 0 Å². The topological polar surface area (TPSA) is 52.3 Å². The molecule has 0 aliphatic heterocycles. The Morgan fingerprint density at radius 2 is 2.17 bits per heavy atom. The molecular weight excluding hydrogens is 178 g/mol. The number of hydrogen-bond acceptors (Lipinski definition) is 3. The summed E-state index contributed by atoms with van der Waals surface area (Å²) in [7, 11) is 1.32. The van der Waals surface area contributed by atoms with Crippen LogP contribution in [-0.2, 0) is 9.53 Å². The first-order valence-electron chi connectivity index (χ1n) is 3.57. The predicted octanol–water partition coefficient (Wildman–Crippen LogP) is 0.322. The van der Waals surface area contributed by atoms with Gasteiger partial charge in [0.05, 0.1) is 7.11 Å². The molecule has 1 rings (SSSR count). The van der Waals surface area contributed by atoms with Crippen molar-refractivity contribution in [2.75, 3.05) is 7.11 Å². The highest BCUT2D eigenvalue weighted by Gasteiger charge is 2.23. The van der Waals surface area contributed by atoms with Gasteiger partial charge in [0.25, 0.3) is 0 Å². The van der Waals surface area contributed by atoms with E-state index in [1.165, 1.54) is 7.11 Å². The molecule has 0 amide bonds. The van der Waals surface area contributed by atoms with Crippen LogP contribution in [0.5, 0.6) is 0 Å². The number of halogens is 1. The SMILES string of the molecule is COC(=O)C#CC1CC(N)C1.Cl. The number of esters is 1. The highest BCUT2D eigenvalue weighted by Crippen LogP contribution is 2.24. The Hall–Kier alpha value is -0.720. The second-order valence-corrected chi connectivity index (χ2v) is 2.69. The normalized spacial score (nSPS) is 25.5. The Kier molecular flexibility index (Phi) is 4.72. The summed E-state index contributed by atoms with van der Waals surface area (Å²) in [5.74, 6) is 5.03. The van der Waals surface area contributed by atoms with Crippen molar-refractivity contribution in [2.24, 2.45) is 11.7 Å². The molecule has 0 aromatic rings. The van der Waals surface area contributed by atoms with Gasteiger partial charge in [0.15, 0.2) is 0 Å². The number of ether oxygens (including phenoxy) is 1. The molecular formula is C8H12ClNO2. The van der Waals surface area contributed by atoms with Gasteiger partial charge < -0.3 is 10.5 Å². The summed E-state index contributed by atoms with van der Waals surface area (Å²) >= 11 is 0. The summed E-state index contributed by atoms with van der Waals surface area (Å²) in [5, 5.41) is 0. The van der Waals surface area contributed by atoms with Gasteiger partial charge in [-0.05, 0) is 12.8 Å². The molecule has 0 heterocycles. The lowest BCUT2D eigenvalue weighted by molar-refractivity contribution is -0.133. The molecule has 1 saturated carbocycles. The maximum atomic E-state index is 10.5. The van der Waals surface area contributed by atoms with Crippen LogP contribution in [0.15, 0.2) is 0 Å². The Morgan fingerprint density at radius 1 is 1.58 bits per heavy atom. The summed E-state index contributed by atoms with van der Waals surface area (Å²) in [6.45, 7) is 0. The largest absolute Gasteiger partial charge is 0.459 e. The van der Waals surface area contributed by atoms with E-state index in [4.69, 9.17) is 5.73 Å². The molecule has 0 unspecified atom stereocenters. The van der Waals surface area contributed by atoms with Crippen molar-refractivity contribution in [3.05, 3.63) is 0 Å². The van der Waals surface area contributed by atoms with Crippen LogP contribution in [0, 0.1) is 17.8 Å². The van der Waals surface area contributed by atoms with Gasteiger partial charge >= 0.3 is 5.97 Å². The maximum absolute atomic E-state index is 10.5. The van der Waals surface area contributed by atoms with Gasteiger partial charge in [-0.2, -0.15) is 0 Å². The molecule has 3 nitrogen and oxygen atoms in total. The highest BCUT2D eigenvalue weighted by molar-refractivity contribution is 5.88. The fourth-order valence-corrected chi connectivity index (χ4v) is 0.992. The molecule has 0 saturated heterocycles. The quantitative estimate of drug-likeness (QED) is 0.339. The summed E-state index contributed by atoms with van der Waals surface area (Å²) < 4.78 is 4.35. The van der Waals surface area contributed by atoms with E-state index < -0.39 is 5.97 Å². The molecule has 0 spiro atoms. The van der Waals surface area contributed by atoms with Crippen LogP contribution in [0.25, 0.3) is 0 Å². The number of nitrogens with two attached hydrogens (primary N) is 1.